The molecule has 4 aromatic rings. The maximum Gasteiger partial charge on any atom is 0.0701 e. The molecular formula is C20H16N2S2. The molecule has 0 saturated heterocycles. The van der Waals surface area contributed by atoms with Crippen LogP contribution in [0.2, 0.25) is 0 Å². The van der Waals surface area contributed by atoms with Gasteiger partial charge in [0.2, 0.25) is 0 Å². The monoisotopic (exact) mass is 348 g/mol. The van der Waals surface area contributed by atoms with E-state index in [9.17, 15) is 0 Å². The Morgan fingerprint density at radius 3 is 2.12 bits per heavy atom. The van der Waals surface area contributed by atoms with E-state index in [1.165, 1.54) is 15.7 Å². The molecule has 0 bridgehead atoms. The van der Waals surface area contributed by atoms with E-state index in [0.717, 1.165) is 15.7 Å². The first-order chi connectivity index (χ1) is 11.7. The van der Waals surface area contributed by atoms with E-state index in [-0.39, 0.29) is 0 Å². The molecule has 0 unspecified atom stereocenters. The second-order valence-electron chi connectivity index (χ2n) is 5.57. The van der Waals surface area contributed by atoms with Crippen molar-refractivity contribution in [3.8, 4) is 0 Å². The first-order valence-electron chi connectivity index (χ1n) is 7.63. The highest BCUT2D eigenvalue weighted by Gasteiger charge is 2.11. The van der Waals surface area contributed by atoms with Crippen LogP contribution in [0.15, 0.2) is 82.6 Å². The zero-order chi connectivity index (χ0) is 16.5. The number of anilines is 2. The van der Waals surface area contributed by atoms with Crippen molar-refractivity contribution < 1.29 is 0 Å². The molecule has 0 aliphatic heterocycles. The van der Waals surface area contributed by atoms with Crippen LogP contribution in [0.1, 0.15) is 0 Å². The molecule has 4 aromatic carbocycles. The van der Waals surface area contributed by atoms with Crippen molar-refractivity contribution in [3.63, 3.8) is 0 Å². The van der Waals surface area contributed by atoms with Crippen LogP contribution >= 0.6 is 21.6 Å². The van der Waals surface area contributed by atoms with Crippen molar-refractivity contribution in [1.29, 1.82) is 0 Å². The van der Waals surface area contributed by atoms with Gasteiger partial charge in [-0.3, -0.25) is 0 Å². The van der Waals surface area contributed by atoms with Crippen molar-refractivity contribution in [2.24, 2.45) is 0 Å². The summed E-state index contributed by atoms with van der Waals surface area (Å²) in [6.07, 6.45) is 0. The van der Waals surface area contributed by atoms with E-state index in [2.05, 4.69) is 54.6 Å². The van der Waals surface area contributed by atoms with Gasteiger partial charge < -0.3 is 11.5 Å². The van der Waals surface area contributed by atoms with E-state index in [0.29, 0.717) is 11.4 Å². The second-order valence-corrected chi connectivity index (χ2v) is 7.76. The van der Waals surface area contributed by atoms with Crippen LogP contribution < -0.4 is 11.5 Å². The Morgan fingerprint density at radius 2 is 1.29 bits per heavy atom. The van der Waals surface area contributed by atoms with Crippen LogP contribution in [0.25, 0.3) is 21.5 Å². The molecule has 0 aromatic heterocycles. The van der Waals surface area contributed by atoms with Crippen molar-refractivity contribution >= 4 is 54.5 Å². The highest BCUT2D eigenvalue weighted by atomic mass is 33.1. The van der Waals surface area contributed by atoms with E-state index < -0.39 is 0 Å². The van der Waals surface area contributed by atoms with Gasteiger partial charge in [-0.2, -0.15) is 0 Å². The molecule has 0 aliphatic carbocycles. The van der Waals surface area contributed by atoms with Crippen LogP contribution in [0.3, 0.4) is 0 Å². The zero-order valence-electron chi connectivity index (χ0n) is 12.9. The van der Waals surface area contributed by atoms with Crippen molar-refractivity contribution in [1.82, 2.24) is 0 Å². The van der Waals surface area contributed by atoms with Crippen LogP contribution in [0, 0.1) is 0 Å². The van der Waals surface area contributed by atoms with Gasteiger partial charge in [-0.15, -0.1) is 0 Å². The number of hydrogen-bond acceptors (Lipinski definition) is 4. The summed E-state index contributed by atoms with van der Waals surface area (Å²) < 4.78 is 0. The summed E-state index contributed by atoms with van der Waals surface area (Å²) in [5.41, 5.74) is 13.7. The lowest BCUT2D eigenvalue weighted by atomic mass is 10.1. The van der Waals surface area contributed by atoms with Gasteiger partial charge in [0.05, 0.1) is 16.3 Å². The molecule has 4 N–H and O–H groups in total. The fraction of sp³-hybridized carbons (Fsp3) is 0. The number of rotatable bonds is 3. The third-order valence-corrected chi connectivity index (χ3v) is 6.55. The summed E-state index contributed by atoms with van der Waals surface area (Å²) >= 11 is 0. The molecule has 0 radical (unpaired) electrons. The fourth-order valence-corrected chi connectivity index (χ4v) is 5.36. The van der Waals surface area contributed by atoms with E-state index in [1.807, 2.05) is 18.2 Å². The molecule has 0 heterocycles. The normalized spacial score (nSPS) is 11.2. The molecule has 4 heteroatoms. The van der Waals surface area contributed by atoms with Gasteiger partial charge in [0, 0.05) is 4.90 Å². The van der Waals surface area contributed by atoms with Crippen LogP contribution in [0.4, 0.5) is 11.4 Å². The van der Waals surface area contributed by atoms with Gasteiger partial charge in [0.1, 0.15) is 0 Å². The third-order valence-electron chi connectivity index (χ3n) is 4.04. The summed E-state index contributed by atoms with van der Waals surface area (Å²) in [5.74, 6) is 0. The van der Waals surface area contributed by atoms with Crippen LogP contribution in [-0.2, 0) is 0 Å². The predicted octanol–water partition coefficient (Wildman–Crippen LogP) is 5.96. The molecule has 0 aliphatic rings. The second kappa shape index (κ2) is 6.30. The molecule has 24 heavy (non-hydrogen) atoms. The quantitative estimate of drug-likeness (QED) is 0.354. The van der Waals surface area contributed by atoms with E-state index in [4.69, 9.17) is 11.5 Å². The van der Waals surface area contributed by atoms with E-state index >= 15 is 0 Å². The minimum Gasteiger partial charge on any atom is -0.397 e. The molecule has 118 valence electrons. The average molecular weight is 348 g/mol. The zero-order valence-corrected chi connectivity index (χ0v) is 14.5. The largest absolute Gasteiger partial charge is 0.397 e. The molecular weight excluding hydrogens is 332 g/mol. The Hall–Kier alpha value is -2.30. The maximum absolute atomic E-state index is 6.27. The summed E-state index contributed by atoms with van der Waals surface area (Å²) in [4.78, 5) is 2.26. The Kier molecular flexibility index (Phi) is 4.00. The van der Waals surface area contributed by atoms with Crippen molar-refractivity contribution in [3.05, 3.63) is 72.8 Å². The SMILES string of the molecule is Nc1cc2ccccc2c(SSc2cccc3ccccc23)c1N. The average Bonchev–Trinajstić information content (AvgIpc) is 2.62. The first kappa shape index (κ1) is 15.2. The highest BCUT2D eigenvalue weighted by Crippen LogP contribution is 2.47. The highest BCUT2D eigenvalue weighted by molar-refractivity contribution is 8.76. The Bertz CT molecular complexity index is 1040. The Morgan fingerprint density at radius 1 is 0.625 bits per heavy atom. The lowest BCUT2D eigenvalue weighted by Crippen LogP contribution is -1.97. The summed E-state index contributed by atoms with van der Waals surface area (Å²) in [5, 5.41) is 4.75. The lowest BCUT2D eigenvalue weighted by Gasteiger charge is -2.12. The van der Waals surface area contributed by atoms with Gasteiger partial charge in [-0.25, -0.2) is 0 Å². The number of hydrogen-bond donors (Lipinski definition) is 2. The van der Waals surface area contributed by atoms with Gasteiger partial charge in [0.15, 0.2) is 0 Å². The number of nitrogens with two attached hydrogens (primary N) is 2. The van der Waals surface area contributed by atoms with Crippen LogP contribution in [-0.4, -0.2) is 0 Å². The number of benzene rings is 4. The molecule has 4 rings (SSSR count). The first-order valence-corrected chi connectivity index (χ1v) is 9.78. The fourth-order valence-electron chi connectivity index (χ4n) is 2.80. The summed E-state index contributed by atoms with van der Waals surface area (Å²) in [6.45, 7) is 0. The van der Waals surface area contributed by atoms with Gasteiger partial charge in [-0.1, -0.05) is 71.5 Å². The standard InChI is InChI=1S/C20H16N2S2/c21-17-12-14-7-2-4-10-16(14)20(19(17)22)24-23-18-11-5-8-13-6-1-3-9-15(13)18/h1-12H,21-22H2. The number of nitrogen functional groups attached to an aromatic ring is 2. The smallest absolute Gasteiger partial charge is 0.0701 e. The Balaban J connectivity index is 1.76. The third kappa shape index (κ3) is 2.68. The molecule has 2 nitrogen and oxygen atoms in total. The minimum atomic E-state index is 0.634. The van der Waals surface area contributed by atoms with Gasteiger partial charge in [0.25, 0.3) is 0 Å². The summed E-state index contributed by atoms with van der Waals surface area (Å²) in [6, 6.07) is 24.9. The maximum atomic E-state index is 6.27. The molecule has 0 amide bonds. The number of fused-ring (bicyclic) bond motifs is 2. The van der Waals surface area contributed by atoms with Gasteiger partial charge >= 0.3 is 0 Å². The van der Waals surface area contributed by atoms with E-state index in [1.54, 1.807) is 21.6 Å². The molecule has 0 saturated carbocycles. The minimum absolute atomic E-state index is 0.634. The lowest BCUT2D eigenvalue weighted by molar-refractivity contribution is 1.54. The van der Waals surface area contributed by atoms with Gasteiger partial charge in [-0.05, 0) is 44.5 Å². The molecule has 0 fully saturated rings. The summed E-state index contributed by atoms with van der Waals surface area (Å²) in [7, 11) is 3.39. The van der Waals surface area contributed by atoms with Crippen molar-refractivity contribution in [2.75, 3.05) is 11.5 Å². The van der Waals surface area contributed by atoms with Crippen LogP contribution in [0.5, 0.6) is 0 Å². The predicted molar refractivity (Wildman–Crippen MR) is 108 cm³/mol. The van der Waals surface area contributed by atoms with Crippen molar-refractivity contribution in [2.45, 2.75) is 9.79 Å². The topological polar surface area (TPSA) is 52.0 Å². The molecule has 0 spiro atoms. The Labute approximate surface area is 148 Å². The molecule has 0 atom stereocenters.